The monoisotopic (exact) mass is 388 g/mol. The molecular weight excluding hydrogens is 364 g/mol. The van der Waals surface area contributed by atoms with Gasteiger partial charge in [0.25, 0.3) is 11.8 Å². The standard InChI is InChI=1S/C20H24N2O6/c1-12-6-13(2)8-15(7-12)28-11-18(23)21-22-20(24)14-9-16(25-3)19(27-5)17(10-14)26-4/h6-10H,11H2,1-5H3,(H,21,23)(H,22,24). The van der Waals surface area contributed by atoms with Crippen LogP contribution in [0, 0.1) is 13.8 Å². The average Bonchev–Trinajstić information content (AvgIpc) is 2.68. The third-order valence-corrected chi connectivity index (χ3v) is 3.81. The summed E-state index contributed by atoms with van der Waals surface area (Å²) in [6.45, 7) is 3.65. The fraction of sp³-hybridized carbons (Fsp3) is 0.300. The molecule has 0 aliphatic carbocycles. The largest absolute Gasteiger partial charge is 0.493 e. The fourth-order valence-electron chi connectivity index (χ4n) is 2.61. The van der Waals surface area contributed by atoms with E-state index in [0.717, 1.165) is 11.1 Å². The molecule has 8 heteroatoms. The average molecular weight is 388 g/mol. The van der Waals surface area contributed by atoms with Gasteiger partial charge in [0.15, 0.2) is 18.1 Å². The van der Waals surface area contributed by atoms with Gasteiger partial charge in [-0.1, -0.05) is 6.07 Å². The molecule has 28 heavy (non-hydrogen) atoms. The minimum atomic E-state index is -0.543. The van der Waals surface area contributed by atoms with E-state index in [2.05, 4.69) is 10.9 Å². The first-order chi connectivity index (χ1) is 13.4. The summed E-state index contributed by atoms with van der Waals surface area (Å²) in [5, 5.41) is 0. The lowest BCUT2D eigenvalue weighted by atomic mass is 10.1. The van der Waals surface area contributed by atoms with Gasteiger partial charge in [-0.2, -0.15) is 0 Å². The number of nitrogens with one attached hydrogen (secondary N) is 2. The molecule has 2 rings (SSSR count). The molecular formula is C20H24N2O6. The van der Waals surface area contributed by atoms with Crippen molar-refractivity contribution in [3.63, 3.8) is 0 Å². The molecule has 0 aliphatic rings. The zero-order chi connectivity index (χ0) is 20.7. The van der Waals surface area contributed by atoms with Crippen LogP contribution in [0.15, 0.2) is 30.3 Å². The van der Waals surface area contributed by atoms with Crippen LogP contribution < -0.4 is 29.8 Å². The summed E-state index contributed by atoms with van der Waals surface area (Å²) < 4.78 is 21.1. The lowest BCUT2D eigenvalue weighted by Crippen LogP contribution is -2.43. The van der Waals surface area contributed by atoms with Crippen molar-refractivity contribution in [2.24, 2.45) is 0 Å². The number of hydrazine groups is 1. The van der Waals surface area contributed by atoms with Gasteiger partial charge < -0.3 is 18.9 Å². The molecule has 2 aromatic rings. The van der Waals surface area contributed by atoms with Gasteiger partial charge in [-0.3, -0.25) is 20.4 Å². The summed E-state index contributed by atoms with van der Waals surface area (Å²) in [4.78, 5) is 24.3. The van der Waals surface area contributed by atoms with Crippen molar-refractivity contribution in [3.8, 4) is 23.0 Å². The molecule has 0 heterocycles. The van der Waals surface area contributed by atoms with Gasteiger partial charge >= 0.3 is 0 Å². The summed E-state index contributed by atoms with van der Waals surface area (Å²) in [6.07, 6.45) is 0. The van der Waals surface area contributed by atoms with E-state index in [1.165, 1.54) is 33.5 Å². The second-order valence-electron chi connectivity index (χ2n) is 6.03. The Morgan fingerprint density at radius 1 is 0.821 bits per heavy atom. The number of hydrogen-bond acceptors (Lipinski definition) is 6. The van der Waals surface area contributed by atoms with Crippen LogP contribution in [0.1, 0.15) is 21.5 Å². The summed E-state index contributed by atoms with van der Waals surface area (Å²) in [5.41, 5.74) is 6.93. The zero-order valence-electron chi connectivity index (χ0n) is 16.5. The third kappa shape index (κ3) is 5.29. The van der Waals surface area contributed by atoms with Gasteiger partial charge in [0, 0.05) is 5.56 Å². The van der Waals surface area contributed by atoms with Crippen LogP contribution >= 0.6 is 0 Å². The molecule has 0 aromatic heterocycles. The molecule has 2 N–H and O–H groups in total. The SMILES string of the molecule is COc1cc(C(=O)NNC(=O)COc2cc(C)cc(C)c2)cc(OC)c1OC. The molecule has 150 valence electrons. The maximum atomic E-state index is 12.3. The number of aryl methyl sites for hydroxylation is 2. The summed E-state index contributed by atoms with van der Waals surface area (Å²) in [5.74, 6) is 0.572. The van der Waals surface area contributed by atoms with Crippen molar-refractivity contribution < 1.29 is 28.5 Å². The predicted molar refractivity (Wildman–Crippen MR) is 103 cm³/mol. The lowest BCUT2D eigenvalue weighted by Gasteiger charge is -2.14. The van der Waals surface area contributed by atoms with Crippen molar-refractivity contribution >= 4 is 11.8 Å². The highest BCUT2D eigenvalue weighted by molar-refractivity contribution is 5.96. The van der Waals surface area contributed by atoms with E-state index in [1.807, 2.05) is 32.0 Å². The van der Waals surface area contributed by atoms with Gasteiger partial charge in [0.2, 0.25) is 5.75 Å². The molecule has 0 radical (unpaired) electrons. The minimum Gasteiger partial charge on any atom is -0.493 e. The number of carbonyl (C=O) groups is 2. The van der Waals surface area contributed by atoms with Gasteiger partial charge in [-0.15, -0.1) is 0 Å². The number of ether oxygens (including phenoxy) is 4. The molecule has 0 bridgehead atoms. The Labute approximate surface area is 163 Å². The molecule has 0 spiro atoms. The number of hydrogen-bond donors (Lipinski definition) is 2. The van der Waals surface area contributed by atoms with Crippen molar-refractivity contribution in [3.05, 3.63) is 47.0 Å². The van der Waals surface area contributed by atoms with E-state index < -0.39 is 11.8 Å². The van der Waals surface area contributed by atoms with Crippen molar-refractivity contribution in [2.45, 2.75) is 13.8 Å². The normalized spacial score (nSPS) is 10.0. The smallest absolute Gasteiger partial charge is 0.276 e. The van der Waals surface area contributed by atoms with Crippen LogP contribution in [-0.4, -0.2) is 39.8 Å². The Balaban J connectivity index is 1.96. The predicted octanol–water partition coefficient (Wildman–Crippen LogP) is 2.17. The second kappa shape index (κ2) is 9.50. The summed E-state index contributed by atoms with van der Waals surface area (Å²) in [6, 6.07) is 8.62. The third-order valence-electron chi connectivity index (χ3n) is 3.81. The molecule has 0 unspecified atom stereocenters. The second-order valence-corrected chi connectivity index (χ2v) is 6.03. The van der Waals surface area contributed by atoms with Crippen LogP contribution in [-0.2, 0) is 4.79 Å². The topological polar surface area (TPSA) is 95.1 Å². The van der Waals surface area contributed by atoms with Gasteiger partial charge in [-0.25, -0.2) is 0 Å². The highest BCUT2D eigenvalue weighted by atomic mass is 16.5. The molecule has 0 saturated heterocycles. The molecule has 2 amide bonds. The van der Waals surface area contributed by atoms with Gasteiger partial charge in [0.05, 0.1) is 21.3 Å². The Morgan fingerprint density at radius 2 is 1.39 bits per heavy atom. The van der Waals surface area contributed by atoms with E-state index in [9.17, 15) is 9.59 Å². The van der Waals surface area contributed by atoms with Crippen molar-refractivity contribution in [1.29, 1.82) is 0 Å². The van der Waals surface area contributed by atoms with Crippen molar-refractivity contribution in [2.75, 3.05) is 27.9 Å². The number of methoxy groups -OCH3 is 3. The van der Waals surface area contributed by atoms with Gasteiger partial charge in [0.1, 0.15) is 5.75 Å². The molecule has 0 saturated carbocycles. The number of benzene rings is 2. The summed E-state index contributed by atoms with van der Waals surface area (Å²) >= 11 is 0. The zero-order valence-corrected chi connectivity index (χ0v) is 16.5. The van der Waals surface area contributed by atoms with Gasteiger partial charge in [-0.05, 0) is 49.2 Å². The van der Waals surface area contributed by atoms with E-state index >= 15 is 0 Å². The minimum absolute atomic E-state index is 0.227. The Kier molecular flexibility index (Phi) is 7.08. The quantitative estimate of drug-likeness (QED) is 0.706. The van der Waals surface area contributed by atoms with Crippen LogP contribution in [0.2, 0.25) is 0 Å². The molecule has 8 nitrogen and oxygen atoms in total. The van der Waals surface area contributed by atoms with Crippen LogP contribution in [0.4, 0.5) is 0 Å². The lowest BCUT2D eigenvalue weighted by molar-refractivity contribution is -0.123. The highest BCUT2D eigenvalue weighted by Crippen LogP contribution is 2.38. The number of rotatable bonds is 7. The van der Waals surface area contributed by atoms with Crippen molar-refractivity contribution in [1.82, 2.24) is 10.9 Å². The Hall–Kier alpha value is -3.42. The number of carbonyl (C=O) groups excluding carboxylic acids is 2. The molecule has 0 fully saturated rings. The fourth-order valence-corrected chi connectivity index (χ4v) is 2.61. The molecule has 0 atom stereocenters. The van der Waals surface area contributed by atoms with E-state index in [0.29, 0.717) is 23.0 Å². The molecule has 0 aliphatic heterocycles. The maximum Gasteiger partial charge on any atom is 0.276 e. The molecule has 2 aromatic carbocycles. The highest BCUT2D eigenvalue weighted by Gasteiger charge is 2.17. The van der Waals surface area contributed by atoms with Crippen LogP contribution in [0.5, 0.6) is 23.0 Å². The first-order valence-corrected chi connectivity index (χ1v) is 8.48. The van der Waals surface area contributed by atoms with E-state index in [1.54, 1.807) is 0 Å². The number of amides is 2. The van der Waals surface area contributed by atoms with E-state index in [4.69, 9.17) is 18.9 Å². The van der Waals surface area contributed by atoms with Crippen LogP contribution in [0.3, 0.4) is 0 Å². The van der Waals surface area contributed by atoms with Crippen LogP contribution in [0.25, 0.3) is 0 Å². The first-order valence-electron chi connectivity index (χ1n) is 8.48. The summed E-state index contributed by atoms with van der Waals surface area (Å²) in [7, 11) is 4.37. The van der Waals surface area contributed by atoms with E-state index in [-0.39, 0.29) is 12.2 Å². The maximum absolute atomic E-state index is 12.3. The Morgan fingerprint density at radius 3 is 1.89 bits per heavy atom. The first kappa shape index (κ1) is 20.9. The Bertz CT molecular complexity index is 821.